The van der Waals surface area contributed by atoms with Crippen LogP contribution in [0.3, 0.4) is 0 Å². The van der Waals surface area contributed by atoms with Crippen molar-refractivity contribution in [3.05, 3.63) is 34.9 Å². The number of rotatable bonds is 3. The summed E-state index contributed by atoms with van der Waals surface area (Å²) in [4.78, 5) is 12.6. The van der Waals surface area contributed by atoms with E-state index in [-0.39, 0.29) is 6.54 Å². The summed E-state index contributed by atoms with van der Waals surface area (Å²) in [6, 6.07) is 7.05. The molecule has 6 heteroatoms. The maximum atomic E-state index is 11.2. The summed E-state index contributed by atoms with van der Waals surface area (Å²) in [6.07, 6.45) is -0.444. The van der Waals surface area contributed by atoms with Crippen LogP contribution in [0.1, 0.15) is 5.56 Å². The van der Waals surface area contributed by atoms with Crippen LogP contribution in [0.5, 0.6) is 0 Å². The predicted molar refractivity (Wildman–Crippen MR) is 67.2 cm³/mol. The second kappa shape index (κ2) is 6.10. The van der Waals surface area contributed by atoms with Crippen molar-refractivity contribution in [2.45, 2.75) is 0 Å². The molecular formula is C11H14ClN3O2. The summed E-state index contributed by atoms with van der Waals surface area (Å²) < 4.78 is 4.58. The van der Waals surface area contributed by atoms with E-state index in [4.69, 9.17) is 17.4 Å². The number of benzene rings is 1. The molecule has 0 fully saturated rings. The Morgan fingerprint density at radius 1 is 1.47 bits per heavy atom. The molecule has 1 rings (SSSR count). The first kappa shape index (κ1) is 13.3. The fourth-order valence-electron chi connectivity index (χ4n) is 1.29. The van der Waals surface area contributed by atoms with Crippen LogP contribution in [-0.4, -0.2) is 37.4 Å². The first-order valence-electron chi connectivity index (χ1n) is 4.90. The van der Waals surface area contributed by atoms with Crippen LogP contribution < -0.4 is 5.84 Å². The van der Waals surface area contributed by atoms with Gasteiger partial charge < -0.3 is 15.5 Å². The van der Waals surface area contributed by atoms with E-state index in [1.807, 2.05) is 0 Å². The highest BCUT2D eigenvalue weighted by atomic mass is 35.5. The van der Waals surface area contributed by atoms with Crippen LogP contribution in [0, 0.1) is 0 Å². The van der Waals surface area contributed by atoms with E-state index in [0.29, 0.717) is 10.7 Å². The van der Waals surface area contributed by atoms with Crippen LogP contribution in [0.4, 0.5) is 4.79 Å². The zero-order valence-electron chi connectivity index (χ0n) is 9.68. The van der Waals surface area contributed by atoms with Gasteiger partial charge in [-0.1, -0.05) is 23.7 Å². The fraction of sp³-hybridized carbons (Fsp3) is 0.273. The average molecular weight is 256 g/mol. The average Bonchev–Trinajstić information content (AvgIpc) is 2.35. The SMILES string of the molecule is COC(=O)N(C)CC(=NN)c1ccc(Cl)cc1. The molecule has 17 heavy (non-hydrogen) atoms. The molecule has 0 aliphatic rings. The number of hydrogen-bond donors (Lipinski definition) is 1. The van der Waals surface area contributed by atoms with Crippen molar-refractivity contribution >= 4 is 23.4 Å². The minimum Gasteiger partial charge on any atom is -0.453 e. The van der Waals surface area contributed by atoms with Crippen LogP contribution in [-0.2, 0) is 4.74 Å². The molecule has 92 valence electrons. The maximum absolute atomic E-state index is 11.2. The molecule has 2 N–H and O–H groups in total. The predicted octanol–water partition coefficient (Wildman–Crippen LogP) is 1.70. The minimum atomic E-state index is -0.444. The molecule has 0 radical (unpaired) electrons. The van der Waals surface area contributed by atoms with E-state index < -0.39 is 6.09 Å². The molecule has 0 saturated carbocycles. The summed E-state index contributed by atoms with van der Waals surface area (Å²) in [6.45, 7) is 0.269. The van der Waals surface area contributed by atoms with Gasteiger partial charge >= 0.3 is 6.09 Å². The number of ether oxygens (including phenoxy) is 1. The van der Waals surface area contributed by atoms with Crippen molar-refractivity contribution in [1.29, 1.82) is 0 Å². The quantitative estimate of drug-likeness (QED) is 0.508. The highest BCUT2D eigenvalue weighted by molar-refractivity contribution is 6.30. The number of nitrogens with zero attached hydrogens (tertiary/aromatic N) is 2. The van der Waals surface area contributed by atoms with Crippen LogP contribution in [0.15, 0.2) is 29.4 Å². The highest BCUT2D eigenvalue weighted by Crippen LogP contribution is 2.10. The monoisotopic (exact) mass is 255 g/mol. The lowest BCUT2D eigenvalue weighted by Crippen LogP contribution is -2.32. The topological polar surface area (TPSA) is 67.9 Å². The number of hydrogen-bond acceptors (Lipinski definition) is 4. The molecule has 0 aliphatic heterocycles. The molecular weight excluding hydrogens is 242 g/mol. The van der Waals surface area contributed by atoms with E-state index in [1.165, 1.54) is 12.0 Å². The van der Waals surface area contributed by atoms with Gasteiger partial charge in [0.25, 0.3) is 0 Å². The summed E-state index contributed by atoms with van der Waals surface area (Å²) in [5.41, 5.74) is 1.39. The summed E-state index contributed by atoms with van der Waals surface area (Å²) in [5.74, 6) is 5.31. The normalized spacial score (nSPS) is 11.1. The van der Waals surface area contributed by atoms with Gasteiger partial charge in [0, 0.05) is 12.1 Å². The third-order valence-corrected chi connectivity index (χ3v) is 2.46. The molecule has 0 atom stereocenters. The number of likely N-dealkylation sites (N-methyl/N-ethyl adjacent to an activating group) is 1. The number of amides is 1. The molecule has 0 aliphatic carbocycles. The van der Waals surface area contributed by atoms with E-state index in [9.17, 15) is 4.79 Å². The van der Waals surface area contributed by atoms with Crippen molar-refractivity contribution in [1.82, 2.24) is 4.90 Å². The van der Waals surface area contributed by atoms with E-state index >= 15 is 0 Å². The van der Waals surface area contributed by atoms with Crippen LogP contribution in [0.25, 0.3) is 0 Å². The molecule has 1 amide bonds. The lowest BCUT2D eigenvalue weighted by molar-refractivity contribution is 0.138. The maximum Gasteiger partial charge on any atom is 0.409 e. The second-order valence-corrected chi connectivity index (χ2v) is 3.85. The third-order valence-electron chi connectivity index (χ3n) is 2.21. The first-order valence-corrected chi connectivity index (χ1v) is 5.28. The minimum absolute atomic E-state index is 0.269. The fourth-order valence-corrected chi connectivity index (χ4v) is 1.42. The Kier molecular flexibility index (Phi) is 4.78. The molecule has 0 heterocycles. The number of nitrogens with two attached hydrogens (primary N) is 1. The Bertz CT molecular complexity index is 417. The van der Waals surface area contributed by atoms with Gasteiger partial charge in [0.2, 0.25) is 0 Å². The number of carbonyl (C=O) groups is 1. The zero-order chi connectivity index (χ0) is 12.8. The van der Waals surface area contributed by atoms with Crippen molar-refractivity contribution in [3.8, 4) is 0 Å². The smallest absolute Gasteiger partial charge is 0.409 e. The third kappa shape index (κ3) is 3.64. The summed E-state index contributed by atoms with van der Waals surface area (Å²) in [5, 5.41) is 4.30. The lowest BCUT2D eigenvalue weighted by Gasteiger charge is -2.16. The van der Waals surface area contributed by atoms with Gasteiger partial charge in [-0.3, -0.25) is 0 Å². The van der Waals surface area contributed by atoms with Crippen LogP contribution >= 0.6 is 11.6 Å². The van der Waals surface area contributed by atoms with Crippen molar-refractivity contribution in [2.75, 3.05) is 20.7 Å². The van der Waals surface area contributed by atoms with Crippen molar-refractivity contribution < 1.29 is 9.53 Å². The Hall–Kier alpha value is -1.75. The number of carbonyl (C=O) groups excluding carboxylic acids is 1. The summed E-state index contributed by atoms with van der Waals surface area (Å²) >= 11 is 5.78. The number of hydrazone groups is 1. The highest BCUT2D eigenvalue weighted by Gasteiger charge is 2.12. The van der Waals surface area contributed by atoms with Crippen molar-refractivity contribution in [2.24, 2.45) is 10.9 Å². The van der Waals surface area contributed by atoms with E-state index in [0.717, 1.165) is 5.56 Å². The van der Waals surface area contributed by atoms with Gasteiger partial charge in [0.15, 0.2) is 0 Å². The Morgan fingerprint density at radius 2 is 2.06 bits per heavy atom. The lowest BCUT2D eigenvalue weighted by atomic mass is 10.1. The van der Waals surface area contributed by atoms with E-state index in [2.05, 4.69) is 9.84 Å². The molecule has 1 aromatic rings. The molecule has 0 bridgehead atoms. The van der Waals surface area contributed by atoms with Crippen molar-refractivity contribution in [3.63, 3.8) is 0 Å². The van der Waals surface area contributed by atoms with Gasteiger partial charge in [0.05, 0.1) is 19.4 Å². The van der Waals surface area contributed by atoms with E-state index in [1.54, 1.807) is 31.3 Å². The Labute approximate surface area is 105 Å². The molecule has 0 aromatic heterocycles. The zero-order valence-corrected chi connectivity index (χ0v) is 10.4. The molecule has 1 aromatic carbocycles. The first-order chi connectivity index (χ1) is 8.08. The molecule has 0 spiro atoms. The van der Waals surface area contributed by atoms with Gasteiger partial charge in [-0.25, -0.2) is 4.79 Å². The second-order valence-electron chi connectivity index (χ2n) is 3.41. The van der Waals surface area contributed by atoms with Gasteiger partial charge in [-0.15, -0.1) is 0 Å². The molecule has 0 unspecified atom stereocenters. The largest absolute Gasteiger partial charge is 0.453 e. The van der Waals surface area contributed by atoms with Gasteiger partial charge in [0.1, 0.15) is 0 Å². The molecule has 5 nitrogen and oxygen atoms in total. The standard InChI is InChI=1S/C11H14ClN3O2/c1-15(11(16)17-2)7-10(14-13)8-3-5-9(12)6-4-8/h3-6H,7,13H2,1-2H3. The number of methoxy groups -OCH3 is 1. The Morgan fingerprint density at radius 3 is 2.53 bits per heavy atom. The number of halogens is 1. The summed E-state index contributed by atoms with van der Waals surface area (Å²) in [7, 11) is 2.92. The Balaban J connectivity index is 2.80. The van der Waals surface area contributed by atoms with Gasteiger partial charge in [-0.05, 0) is 17.7 Å². The van der Waals surface area contributed by atoms with Crippen LogP contribution in [0.2, 0.25) is 5.02 Å². The molecule has 0 saturated heterocycles. The van der Waals surface area contributed by atoms with Gasteiger partial charge in [-0.2, -0.15) is 5.10 Å².